The van der Waals surface area contributed by atoms with Gasteiger partial charge in [-0.1, -0.05) is 0 Å². The first kappa shape index (κ1) is 13.1. The summed E-state index contributed by atoms with van der Waals surface area (Å²) < 4.78 is 42.5. The molecule has 0 saturated heterocycles. The Morgan fingerprint density at radius 2 is 2.06 bits per heavy atom. The molecule has 0 aliphatic heterocycles. The fraction of sp³-hybridized carbons (Fsp3) is 0.182. The van der Waals surface area contributed by atoms with Crippen LogP contribution < -0.4 is 4.74 Å². The average molecular weight is 246 g/mol. The fourth-order valence-corrected chi connectivity index (χ4v) is 1.22. The normalized spacial score (nSPS) is 11.8. The number of carboxylic acids is 1. The highest BCUT2D eigenvalue weighted by molar-refractivity contribution is 5.85. The smallest absolute Gasteiger partial charge is 0.416 e. The molecular formula is C11H9F3O3. The predicted octanol–water partition coefficient (Wildman–Crippen LogP) is 2.81. The van der Waals surface area contributed by atoms with Gasteiger partial charge >= 0.3 is 12.1 Å². The molecule has 0 aliphatic carbocycles. The van der Waals surface area contributed by atoms with Crippen LogP contribution in [0.4, 0.5) is 13.2 Å². The summed E-state index contributed by atoms with van der Waals surface area (Å²) in [5, 5.41) is 8.40. The van der Waals surface area contributed by atoms with Crippen molar-refractivity contribution in [3.8, 4) is 5.75 Å². The number of ether oxygens (including phenoxy) is 1. The number of methoxy groups -OCH3 is 1. The second kappa shape index (κ2) is 4.90. The predicted molar refractivity (Wildman–Crippen MR) is 54.7 cm³/mol. The summed E-state index contributed by atoms with van der Waals surface area (Å²) in [7, 11) is 1.31. The van der Waals surface area contributed by atoms with E-state index in [-0.39, 0.29) is 11.3 Å². The molecule has 0 radical (unpaired) electrons. The monoisotopic (exact) mass is 246 g/mol. The molecule has 0 aliphatic rings. The van der Waals surface area contributed by atoms with E-state index in [4.69, 9.17) is 9.84 Å². The van der Waals surface area contributed by atoms with Gasteiger partial charge in [-0.05, 0) is 29.8 Å². The van der Waals surface area contributed by atoms with Crippen molar-refractivity contribution in [2.45, 2.75) is 6.18 Å². The Balaban J connectivity index is 3.26. The number of hydrogen-bond donors (Lipinski definition) is 1. The standard InChI is InChI=1S/C11H9F3O3/c1-17-8-3-4-9(11(12,13)14)7(6-8)2-5-10(15)16/h2-6H,1H3,(H,15,16). The van der Waals surface area contributed by atoms with Gasteiger partial charge in [0.2, 0.25) is 0 Å². The number of carboxylic acid groups (broad SMARTS) is 1. The molecule has 0 amide bonds. The van der Waals surface area contributed by atoms with Gasteiger partial charge in [0.05, 0.1) is 12.7 Å². The van der Waals surface area contributed by atoms with Crippen LogP contribution in [-0.4, -0.2) is 18.2 Å². The molecule has 0 unspecified atom stereocenters. The van der Waals surface area contributed by atoms with Gasteiger partial charge in [-0.15, -0.1) is 0 Å². The molecule has 17 heavy (non-hydrogen) atoms. The summed E-state index contributed by atoms with van der Waals surface area (Å²) in [6.07, 6.45) is -3.01. The Morgan fingerprint density at radius 1 is 1.41 bits per heavy atom. The lowest BCUT2D eigenvalue weighted by atomic mass is 10.1. The Morgan fingerprint density at radius 3 is 2.53 bits per heavy atom. The first-order chi connectivity index (χ1) is 7.84. The third-order valence-corrected chi connectivity index (χ3v) is 1.97. The van der Waals surface area contributed by atoms with Crippen molar-refractivity contribution in [3.63, 3.8) is 0 Å². The van der Waals surface area contributed by atoms with Gasteiger partial charge in [-0.3, -0.25) is 0 Å². The van der Waals surface area contributed by atoms with Crippen molar-refractivity contribution in [1.29, 1.82) is 0 Å². The summed E-state index contributed by atoms with van der Waals surface area (Å²) in [6, 6.07) is 3.14. The molecule has 1 aromatic carbocycles. The largest absolute Gasteiger partial charge is 0.497 e. The third-order valence-electron chi connectivity index (χ3n) is 1.97. The maximum Gasteiger partial charge on any atom is 0.416 e. The van der Waals surface area contributed by atoms with Crippen LogP contribution in [0.3, 0.4) is 0 Å². The maximum atomic E-state index is 12.6. The SMILES string of the molecule is COc1ccc(C(F)(F)F)c(C=CC(=O)O)c1. The van der Waals surface area contributed by atoms with Gasteiger partial charge in [0.1, 0.15) is 5.75 Å². The van der Waals surface area contributed by atoms with Crippen molar-refractivity contribution < 1.29 is 27.8 Å². The lowest BCUT2D eigenvalue weighted by Gasteiger charge is -2.11. The van der Waals surface area contributed by atoms with Crippen molar-refractivity contribution in [2.75, 3.05) is 7.11 Å². The van der Waals surface area contributed by atoms with Gasteiger partial charge in [0.25, 0.3) is 0 Å². The van der Waals surface area contributed by atoms with Crippen molar-refractivity contribution >= 4 is 12.0 Å². The number of alkyl halides is 3. The van der Waals surface area contributed by atoms with Crippen LogP contribution in [0.1, 0.15) is 11.1 Å². The maximum absolute atomic E-state index is 12.6. The summed E-state index contributed by atoms with van der Waals surface area (Å²) in [4.78, 5) is 10.3. The van der Waals surface area contributed by atoms with Crippen LogP contribution in [0, 0.1) is 0 Å². The molecule has 0 spiro atoms. The van der Waals surface area contributed by atoms with Gasteiger partial charge < -0.3 is 9.84 Å². The molecular weight excluding hydrogens is 237 g/mol. The first-order valence-electron chi connectivity index (χ1n) is 4.51. The highest BCUT2D eigenvalue weighted by Gasteiger charge is 2.32. The molecule has 3 nitrogen and oxygen atoms in total. The number of carbonyl (C=O) groups is 1. The molecule has 1 aromatic rings. The zero-order valence-electron chi connectivity index (χ0n) is 8.78. The lowest BCUT2D eigenvalue weighted by molar-refractivity contribution is -0.138. The molecule has 6 heteroatoms. The highest BCUT2D eigenvalue weighted by atomic mass is 19.4. The van der Waals surface area contributed by atoms with Crippen LogP contribution in [0.15, 0.2) is 24.3 Å². The van der Waals surface area contributed by atoms with Crippen LogP contribution in [0.5, 0.6) is 5.75 Å². The Labute approximate surface area is 95.1 Å². The zero-order valence-corrected chi connectivity index (χ0v) is 8.78. The lowest BCUT2D eigenvalue weighted by Crippen LogP contribution is -2.07. The summed E-state index contributed by atoms with van der Waals surface area (Å²) >= 11 is 0. The van der Waals surface area contributed by atoms with E-state index in [1.165, 1.54) is 13.2 Å². The van der Waals surface area contributed by atoms with Crippen molar-refractivity contribution in [2.24, 2.45) is 0 Å². The number of hydrogen-bond acceptors (Lipinski definition) is 2. The number of halogens is 3. The molecule has 0 saturated carbocycles. The molecule has 92 valence electrons. The minimum atomic E-state index is -4.54. The number of aliphatic carboxylic acids is 1. The molecule has 0 heterocycles. The topological polar surface area (TPSA) is 46.5 Å². The molecule has 0 aromatic heterocycles. The Hall–Kier alpha value is -1.98. The summed E-state index contributed by atoms with van der Waals surface area (Å²) in [5.74, 6) is -1.09. The third kappa shape index (κ3) is 3.51. The van der Waals surface area contributed by atoms with Gasteiger partial charge in [-0.25, -0.2) is 4.79 Å². The average Bonchev–Trinajstić information content (AvgIpc) is 2.24. The van der Waals surface area contributed by atoms with Gasteiger partial charge in [0.15, 0.2) is 0 Å². The quantitative estimate of drug-likeness (QED) is 0.834. The van der Waals surface area contributed by atoms with Crippen molar-refractivity contribution in [1.82, 2.24) is 0 Å². The van der Waals surface area contributed by atoms with E-state index < -0.39 is 17.7 Å². The summed E-state index contributed by atoms with van der Waals surface area (Å²) in [5.41, 5.74) is -1.16. The molecule has 0 atom stereocenters. The number of rotatable bonds is 3. The highest BCUT2D eigenvalue weighted by Crippen LogP contribution is 2.34. The Bertz CT molecular complexity index is 450. The van der Waals surface area contributed by atoms with Crippen LogP contribution in [0.2, 0.25) is 0 Å². The van der Waals surface area contributed by atoms with E-state index in [0.717, 1.165) is 18.2 Å². The summed E-state index contributed by atoms with van der Waals surface area (Å²) in [6.45, 7) is 0. The molecule has 0 fully saturated rings. The number of benzene rings is 1. The van der Waals surface area contributed by atoms with Crippen LogP contribution >= 0.6 is 0 Å². The van der Waals surface area contributed by atoms with E-state index in [1.54, 1.807) is 0 Å². The van der Waals surface area contributed by atoms with E-state index in [1.807, 2.05) is 0 Å². The second-order valence-electron chi connectivity index (χ2n) is 3.12. The van der Waals surface area contributed by atoms with E-state index in [9.17, 15) is 18.0 Å². The first-order valence-corrected chi connectivity index (χ1v) is 4.51. The second-order valence-corrected chi connectivity index (χ2v) is 3.12. The fourth-order valence-electron chi connectivity index (χ4n) is 1.22. The molecule has 1 rings (SSSR count). The van der Waals surface area contributed by atoms with Crippen LogP contribution in [-0.2, 0) is 11.0 Å². The Kier molecular flexibility index (Phi) is 3.77. The van der Waals surface area contributed by atoms with E-state index >= 15 is 0 Å². The van der Waals surface area contributed by atoms with Crippen LogP contribution in [0.25, 0.3) is 6.08 Å². The van der Waals surface area contributed by atoms with Gasteiger partial charge in [-0.2, -0.15) is 13.2 Å². The molecule has 1 N–H and O–H groups in total. The molecule has 0 bridgehead atoms. The van der Waals surface area contributed by atoms with Crippen molar-refractivity contribution in [3.05, 3.63) is 35.4 Å². The van der Waals surface area contributed by atoms with E-state index in [0.29, 0.717) is 6.08 Å². The minimum Gasteiger partial charge on any atom is -0.497 e. The van der Waals surface area contributed by atoms with Gasteiger partial charge in [0, 0.05) is 6.08 Å². The minimum absolute atomic E-state index is 0.225. The zero-order chi connectivity index (χ0) is 13.1. The van der Waals surface area contributed by atoms with E-state index in [2.05, 4.69) is 0 Å².